The maximum atomic E-state index is 13.0. The van der Waals surface area contributed by atoms with Crippen LogP contribution in [0.1, 0.15) is 31.1 Å². The van der Waals surface area contributed by atoms with Crippen molar-refractivity contribution in [3.63, 3.8) is 0 Å². The highest BCUT2D eigenvalue weighted by molar-refractivity contribution is 8.27. The molecule has 0 radical (unpaired) electrons. The molecule has 0 saturated carbocycles. The first kappa shape index (κ1) is 20.9. The van der Waals surface area contributed by atoms with E-state index in [2.05, 4.69) is 19.1 Å². The maximum absolute atomic E-state index is 13.0. The molecule has 0 unspecified atom stereocenters. The standard InChI is InChI=1S/C24H20ClNO2S2/c1-2-3-6-16-9-11-17(12-10-16)26-23(27)22(30-24(26)29)15-18-13-14-21(28-18)19-7-4-5-8-20(19)25/h4-5,7-15H,2-3,6H2,1H3. The molecule has 1 saturated heterocycles. The number of furan rings is 1. The molecule has 1 aliphatic heterocycles. The minimum absolute atomic E-state index is 0.137. The summed E-state index contributed by atoms with van der Waals surface area (Å²) in [5.41, 5.74) is 2.87. The highest BCUT2D eigenvalue weighted by Crippen LogP contribution is 2.37. The summed E-state index contributed by atoms with van der Waals surface area (Å²) >= 11 is 13.0. The molecule has 0 atom stereocenters. The van der Waals surface area contributed by atoms with Crippen LogP contribution in [0, 0.1) is 0 Å². The van der Waals surface area contributed by atoms with Crippen molar-refractivity contribution in [1.29, 1.82) is 0 Å². The van der Waals surface area contributed by atoms with E-state index in [1.165, 1.54) is 17.3 Å². The molecule has 1 fully saturated rings. The van der Waals surface area contributed by atoms with Gasteiger partial charge in [-0.1, -0.05) is 73.2 Å². The van der Waals surface area contributed by atoms with Crippen molar-refractivity contribution in [2.75, 3.05) is 4.90 Å². The number of rotatable bonds is 6. The Hall–Kier alpha value is -2.34. The summed E-state index contributed by atoms with van der Waals surface area (Å²) in [6.07, 6.45) is 5.09. The van der Waals surface area contributed by atoms with Crippen LogP contribution in [0.15, 0.2) is 70.0 Å². The van der Waals surface area contributed by atoms with Crippen molar-refractivity contribution in [2.24, 2.45) is 0 Å². The molecule has 4 rings (SSSR count). The van der Waals surface area contributed by atoms with Crippen LogP contribution in [0.4, 0.5) is 5.69 Å². The van der Waals surface area contributed by atoms with E-state index in [0.717, 1.165) is 30.5 Å². The van der Waals surface area contributed by atoms with Gasteiger partial charge in [-0.05, 0) is 54.8 Å². The third kappa shape index (κ3) is 4.38. The van der Waals surface area contributed by atoms with Gasteiger partial charge in [-0.25, -0.2) is 0 Å². The summed E-state index contributed by atoms with van der Waals surface area (Å²) in [6.45, 7) is 2.18. The molecule has 30 heavy (non-hydrogen) atoms. The van der Waals surface area contributed by atoms with E-state index in [9.17, 15) is 4.79 Å². The largest absolute Gasteiger partial charge is 0.457 e. The molecule has 1 aliphatic rings. The Labute approximate surface area is 190 Å². The van der Waals surface area contributed by atoms with Crippen molar-refractivity contribution in [1.82, 2.24) is 0 Å². The Morgan fingerprint density at radius 3 is 2.60 bits per heavy atom. The first-order chi connectivity index (χ1) is 14.6. The molecular formula is C24H20ClNO2S2. The second kappa shape index (κ2) is 9.21. The number of anilines is 1. The molecular weight excluding hydrogens is 434 g/mol. The lowest BCUT2D eigenvalue weighted by Gasteiger charge is -2.15. The molecule has 3 nitrogen and oxygen atoms in total. The van der Waals surface area contributed by atoms with Gasteiger partial charge in [-0.15, -0.1) is 0 Å². The quantitative estimate of drug-likeness (QED) is 0.288. The zero-order valence-electron chi connectivity index (χ0n) is 16.4. The number of unbranched alkanes of at least 4 members (excludes halogenated alkanes) is 1. The predicted octanol–water partition coefficient (Wildman–Crippen LogP) is 7.35. The second-order valence-corrected chi connectivity index (χ2v) is 9.05. The van der Waals surface area contributed by atoms with Crippen LogP contribution in [0.25, 0.3) is 17.4 Å². The van der Waals surface area contributed by atoms with Gasteiger partial charge >= 0.3 is 0 Å². The monoisotopic (exact) mass is 453 g/mol. The van der Waals surface area contributed by atoms with E-state index < -0.39 is 0 Å². The molecule has 0 N–H and O–H groups in total. The highest BCUT2D eigenvalue weighted by Gasteiger charge is 2.33. The lowest BCUT2D eigenvalue weighted by Crippen LogP contribution is -2.27. The molecule has 0 bridgehead atoms. The first-order valence-corrected chi connectivity index (χ1v) is 11.4. The number of hydrogen-bond acceptors (Lipinski definition) is 4. The second-order valence-electron chi connectivity index (χ2n) is 6.97. The van der Waals surface area contributed by atoms with Gasteiger partial charge in [0.15, 0.2) is 4.32 Å². The SMILES string of the molecule is CCCCc1ccc(N2C(=O)C(=Cc3ccc(-c4ccccc4Cl)o3)SC2=S)cc1. The minimum atomic E-state index is -0.137. The molecule has 2 heterocycles. The molecule has 1 amide bonds. The Balaban J connectivity index is 1.54. The Morgan fingerprint density at radius 2 is 1.87 bits per heavy atom. The number of carbonyl (C=O) groups is 1. The zero-order valence-corrected chi connectivity index (χ0v) is 18.8. The summed E-state index contributed by atoms with van der Waals surface area (Å²) in [7, 11) is 0. The van der Waals surface area contributed by atoms with E-state index in [1.807, 2.05) is 48.5 Å². The van der Waals surface area contributed by atoms with Gasteiger partial charge in [-0.3, -0.25) is 9.69 Å². The zero-order chi connectivity index (χ0) is 21.1. The number of thiocarbonyl (C=S) groups is 1. The van der Waals surface area contributed by atoms with Crippen molar-refractivity contribution in [2.45, 2.75) is 26.2 Å². The van der Waals surface area contributed by atoms with Crippen LogP contribution in [0.3, 0.4) is 0 Å². The van der Waals surface area contributed by atoms with Gasteiger partial charge in [0.1, 0.15) is 11.5 Å². The van der Waals surface area contributed by atoms with Crippen LogP contribution in [0.5, 0.6) is 0 Å². The number of halogens is 1. The Morgan fingerprint density at radius 1 is 1.10 bits per heavy atom. The number of amides is 1. The van der Waals surface area contributed by atoms with Gasteiger partial charge in [0.05, 0.1) is 15.6 Å². The minimum Gasteiger partial charge on any atom is -0.457 e. The number of carbonyl (C=O) groups excluding carboxylic acids is 1. The number of hydrogen-bond donors (Lipinski definition) is 0. The summed E-state index contributed by atoms with van der Waals surface area (Å²) < 4.78 is 6.42. The number of thioether (sulfide) groups is 1. The molecule has 1 aromatic heterocycles. The number of nitrogens with zero attached hydrogens (tertiary/aromatic N) is 1. The van der Waals surface area contributed by atoms with Crippen LogP contribution in [0.2, 0.25) is 5.02 Å². The van der Waals surface area contributed by atoms with Gasteiger partial charge in [-0.2, -0.15) is 0 Å². The summed E-state index contributed by atoms with van der Waals surface area (Å²) in [5.74, 6) is 1.10. The lowest BCUT2D eigenvalue weighted by molar-refractivity contribution is -0.113. The molecule has 6 heteroatoms. The number of aryl methyl sites for hydroxylation is 1. The van der Waals surface area contributed by atoms with Crippen LogP contribution in [-0.4, -0.2) is 10.2 Å². The maximum Gasteiger partial charge on any atom is 0.270 e. The average molecular weight is 454 g/mol. The van der Waals surface area contributed by atoms with E-state index >= 15 is 0 Å². The van der Waals surface area contributed by atoms with E-state index in [0.29, 0.717) is 25.8 Å². The molecule has 3 aromatic rings. The van der Waals surface area contributed by atoms with E-state index in [1.54, 1.807) is 11.0 Å². The van der Waals surface area contributed by atoms with Crippen molar-refractivity contribution < 1.29 is 9.21 Å². The van der Waals surface area contributed by atoms with Crippen molar-refractivity contribution in [3.8, 4) is 11.3 Å². The fourth-order valence-corrected chi connectivity index (χ4v) is 4.76. The molecule has 0 spiro atoms. The third-order valence-electron chi connectivity index (χ3n) is 4.85. The van der Waals surface area contributed by atoms with Crippen LogP contribution < -0.4 is 4.90 Å². The Bertz CT molecular complexity index is 1120. The fraction of sp³-hybridized carbons (Fsp3) is 0.167. The molecule has 0 aliphatic carbocycles. The van der Waals surface area contributed by atoms with Crippen molar-refractivity contribution >= 4 is 57.6 Å². The first-order valence-electron chi connectivity index (χ1n) is 9.78. The molecule has 152 valence electrons. The van der Waals surface area contributed by atoms with E-state index in [4.69, 9.17) is 28.2 Å². The van der Waals surface area contributed by atoms with Gasteiger partial charge in [0.25, 0.3) is 5.91 Å². The Kier molecular flexibility index (Phi) is 6.42. The summed E-state index contributed by atoms with van der Waals surface area (Å²) in [5, 5.41) is 0.618. The normalized spacial score (nSPS) is 15.4. The fourth-order valence-electron chi connectivity index (χ4n) is 3.25. The van der Waals surface area contributed by atoms with E-state index in [-0.39, 0.29) is 5.91 Å². The third-order valence-corrected chi connectivity index (χ3v) is 6.48. The van der Waals surface area contributed by atoms with Gasteiger partial charge in [0.2, 0.25) is 0 Å². The van der Waals surface area contributed by atoms with Gasteiger partial charge < -0.3 is 4.42 Å². The van der Waals surface area contributed by atoms with Crippen LogP contribution >= 0.6 is 35.6 Å². The lowest BCUT2D eigenvalue weighted by atomic mass is 10.1. The van der Waals surface area contributed by atoms with Gasteiger partial charge in [0, 0.05) is 11.6 Å². The smallest absolute Gasteiger partial charge is 0.270 e. The highest BCUT2D eigenvalue weighted by atomic mass is 35.5. The number of benzene rings is 2. The summed E-state index contributed by atoms with van der Waals surface area (Å²) in [4.78, 5) is 15.1. The predicted molar refractivity (Wildman–Crippen MR) is 130 cm³/mol. The topological polar surface area (TPSA) is 33.5 Å². The van der Waals surface area contributed by atoms with Crippen molar-refractivity contribution in [3.05, 3.63) is 81.9 Å². The average Bonchev–Trinajstić information content (AvgIpc) is 3.32. The molecule has 2 aromatic carbocycles. The summed E-state index contributed by atoms with van der Waals surface area (Å²) in [6, 6.07) is 19.2. The van der Waals surface area contributed by atoms with Crippen LogP contribution in [-0.2, 0) is 11.2 Å².